The third-order valence-electron chi connectivity index (χ3n) is 1.94. The molecule has 0 aliphatic rings. The van der Waals surface area contributed by atoms with Crippen LogP contribution in [0.25, 0.3) is 10.8 Å². The standard InChI is InChI=1S/C11H7O2/c12-7-8-1-2-10-6-11(13)4-3-9(10)5-8/h1-6,13H. The summed E-state index contributed by atoms with van der Waals surface area (Å²) in [6.07, 6.45) is 1.82. The lowest BCUT2D eigenvalue weighted by atomic mass is 10.1. The van der Waals surface area contributed by atoms with E-state index in [2.05, 4.69) is 0 Å². The maximum atomic E-state index is 10.3. The molecule has 2 nitrogen and oxygen atoms in total. The first-order chi connectivity index (χ1) is 6.29. The zero-order valence-electron chi connectivity index (χ0n) is 6.82. The van der Waals surface area contributed by atoms with Crippen molar-refractivity contribution < 1.29 is 9.90 Å². The van der Waals surface area contributed by atoms with Crippen LogP contribution in [0.1, 0.15) is 5.56 Å². The Morgan fingerprint density at radius 1 is 1.00 bits per heavy atom. The monoisotopic (exact) mass is 171 g/mol. The Morgan fingerprint density at radius 2 is 1.69 bits per heavy atom. The molecule has 2 rings (SSSR count). The highest BCUT2D eigenvalue weighted by atomic mass is 16.3. The molecule has 0 aromatic heterocycles. The highest BCUT2D eigenvalue weighted by Gasteiger charge is 1.96. The lowest BCUT2D eigenvalue weighted by Crippen LogP contribution is -1.79. The first-order valence-electron chi connectivity index (χ1n) is 3.90. The maximum Gasteiger partial charge on any atom is 0.233 e. The number of fused-ring (bicyclic) bond motifs is 1. The van der Waals surface area contributed by atoms with Crippen LogP contribution in [-0.4, -0.2) is 11.4 Å². The average Bonchev–Trinajstić information content (AvgIpc) is 2.17. The molecule has 0 saturated carbocycles. The number of benzene rings is 2. The van der Waals surface area contributed by atoms with Crippen molar-refractivity contribution in [3.05, 3.63) is 42.0 Å². The Labute approximate surface area is 75.4 Å². The molecular formula is C11H7O2. The molecular weight excluding hydrogens is 164 g/mol. The quantitative estimate of drug-likeness (QED) is 0.712. The van der Waals surface area contributed by atoms with Gasteiger partial charge in [0.25, 0.3) is 0 Å². The van der Waals surface area contributed by atoms with Crippen molar-refractivity contribution in [2.45, 2.75) is 0 Å². The van der Waals surface area contributed by atoms with Gasteiger partial charge < -0.3 is 5.11 Å². The molecule has 2 heteroatoms. The number of phenolic OH excluding ortho intramolecular Hbond substituents is 1. The van der Waals surface area contributed by atoms with Crippen molar-refractivity contribution in [2.24, 2.45) is 0 Å². The summed E-state index contributed by atoms with van der Waals surface area (Å²) in [6.45, 7) is 0. The molecule has 0 bridgehead atoms. The topological polar surface area (TPSA) is 37.3 Å². The molecule has 2 aromatic rings. The zero-order valence-corrected chi connectivity index (χ0v) is 6.82. The van der Waals surface area contributed by atoms with Gasteiger partial charge in [-0.15, -0.1) is 0 Å². The van der Waals surface area contributed by atoms with Crippen LogP contribution in [0, 0.1) is 0 Å². The minimum Gasteiger partial charge on any atom is -0.508 e. The van der Waals surface area contributed by atoms with Crippen LogP contribution in [-0.2, 0) is 4.79 Å². The van der Waals surface area contributed by atoms with Gasteiger partial charge in [0.2, 0.25) is 6.29 Å². The van der Waals surface area contributed by atoms with Gasteiger partial charge in [0.1, 0.15) is 5.75 Å². The second kappa shape index (κ2) is 2.90. The van der Waals surface area contributed by atoms with Crippen LogP contribution >= 0.6 is 0 Å². The van der Waals surface area contributed by atoms with Crippen molar-refractivity contribution in [1.82, 2.24) is 0 Å². The molecule has 0 spiro atoms. The van der Waals surface area contributed by atoms with E-state index in [4.69, 9.17) is 0 Å². The normalized spacial score (nSPS) is 10.2. The van der Waals surface area contributed by atoms with Gasteiger partial charge in [-0.1, -0.05) is 18.2 Å². The summed E-state index contributed by atoms with van der Waals surface area (Å²) >= 11 is 0. The number of phenols is 1. The Morgan fingerprint density at radius 3 is 2.46 bits per heavy atom. The van der Waals surface area contributed by atoms with Gasteiger partial charge >= 0.3 is 0 Å². The van der Waals surface area contributed by atoms with Crippen LogP contribution in [0.5, 0.6) is 5.75 Å². The number of aromatic hydroxyl groups is 1. The molecule has 1 N–H and O–H groups in total. The Kier molecular flexibility index (Phi) is 1.74. The van der Waals surface area contributed by atoms with E-state index < -0.39 is 0 Å². The number of hydrogen-bond acceptors (Lipinski definition) is 2. The van der Waals surface area contributed by atoms with Crippen molar-refractivity contribution in [3.8, 4) is 5.75 Å². The fourth-order valence-electron chi connectivity index (χ4n) is 1.30. The van der Waals surface area contributed by atoms with Gasteiger partial charge in [-0.25, -0.2) is 0 Å². The SMILES string of the molecule is O=[C]c1ccc2cc(O)ccc2c1. The van der Waals surface area contributed by atoms with Crippen LogP contribution in [0.15, 0.2) is 36.4 Å². The maximum absolute atomic E-state index is 10.3. The summed E-state index contributed by atoms with van der Waals surface area (Å²) in [5, 5.41) is 11.0. The van der Waals surface area contributed by atoms with Crippen LogP contribution in [0.4, 0.5) is 0 Å². The smallest absolute Gasteiger partial charge is 0.233 e. The van der Waals surface area contributed by atoms with Crippen molar-refractivity contribution in [3.63, 3.8) is 0 Å². The number of hydrogen-bond donors (Lipinski definition) is 1. The molecule has 0 aliphatic heterocycles. The molecule has 0 fully saturated rings. The Hall–Kier alpha value is -1.83. The van der Waals surface area contributed by atoms with Gasteiger partial charge in [0, 0.05) is 5.56 Å². The molecule has 13 heavy (non-hydrogen) atoms. The van der Waals surface area contributed by atoms with Crippen LogP contribution in [0.2, 0.25) is 0 Å². The summed E-state index contributed by atoms with van der Waals surface area (Å²) < 4.78 is 0. The third kappa shape index (κ3) is 1.38. The van der Waals surface area contributed by atoms with Gasteiger partial charge in [-0.05, 0) is 29.0 Å². The number of rotatable bonds is 1. The highest BCUT2D eigenvalue weighted by molar-refractivity contribution is 5.89. The van der Waals surface area contributed by atoms with Crippen molar-refractivity contribution in [2.75, 3.05) is 0 Å². The first kappa shape index (κ1) is 7.80. The van der Waals surface area contributed by atoms with E-state index in [-0.39, 0.29) is 5.75 Å². The van der Waals surface area contributed by atoms with E-state index in [1.54, 1.807) is 36.4 Å². The van der Waals surface area contributed by atoms with Gasteiger partial charge in [-0.2, -0.15) is 0 Å². The predicted octanol–water partition coefficient (Wildman–Crippen LogP) is 2.00. The zero-order chi connectivity index (χ0) is 9.26. The first-order valence-corrected chi connectivity index (χ1v) is 3.90. The number of carbonyl (C=O) groups excluding carboxylic acids is 1. The van der Waals surface area contributed by atoms with Crippen LogP contribution in [0.3, 0.4) is 0 Å². The summed E-state index contributed by atoms with van der Waals surface area (Å²) in [6, 6.07) is 10.2. The summed E-state index contributed by atoms with van der Waals surface area (Å²) in [7, 11) is 0. The predicted molar refractivity (Wildman–Crippen MR) is 50.4 cm³/mol. The Balaban J connectivity index is 2.73. The van der Waals surface area contributed by atoms with E-state index in [9.17, 15) is 9.90 Å². The molecule has 0 aliphatic carbocycles. The second-order valence-electron chi connectivity index (χ2n) is 2.85. The molecule has 0 atom stereocenters. The van der Waals surface area contributed by atoms with Gasteiger partial charge in [0.05, 0.1) is 0 Å². The minimum absolute atomic E-state index is 0.232. The highest BCUT2D eigenvalue weighted by Crippen LogP contribution is 2.20. The molecule has 0 unspecified atom stereocenters. The lowest BCUT2D eigenvalue weighted by Gasteiger charge is -1.98. The Bertz CT molecular complexity index is 461. The summed E-state index contributed by atoms with van der Waals surface area (Å²) in [5.41, 5.74) is 0.526. The average molecular weight is 171 g/mol. The minimum atomic E-state index is 0.232. The largest absolute Gasteiger partial charge is 0.508 e. The molecule has 2 aromatic carbocycles. The molecule has 63 valence electrons. The van der Waals surface area contributed by atoms with E-state index >= 15 is 0 Å². The molecule has 0 amide bonds. The summed E-state index contributed by atoms with van der Waals surface area (Å²) in [5.74, 6) is 0.232. The second-order valence-corrected chi connectivity index (χ2v) is 2.85. The molecule has 0 saturated heterocycles. The fraction of sp³-hybridized carbons (Fsp3) is 0. The molecule has 1 radical (unpaired) electrons. The van der Waals surface area contributed by atoms with E-state index in [1.165, 1.54) is 0 Å². The summed E-state index contributed by atoms with van der Waals surface area (Å²) in [4.78, 5) is 10.3. The van der Waals surface area contributed by atoms with Gasteiger partial charge in [0.15, 0.2) is 0 Å². The van der Waals surface area contributed by atoms with E-state index in [1.807, 2.05) is 6.29 Å². The van der Waals surface area contributed by atoms with Crippen LogP contribution < -0.4 is 0 Å². The van der Waals surface area contributed by atoms with Crippen molar-refractivity contribution in [1.29, 1.82) is 0 Å². The van der Waals surface area contributed by atoms with Crippen molar-refractivity contribution >= 4 is 17.1 Å². The van der Waals surface area contributed by atoms with Gasteiger partial charge in [-0.3, -0.25) is 4.79 Å². The fourth-order valence-corrected chi connectivity index (χ4v) is 1.30. The van der Waals surface area contributed by atoms with E-state index in [0.717, 1.165) is 10.8 Å². The third-order valence-corrected chi connectivity index (χ3v) is 1.94. The lowest BCUT2D eigenvalue weighted by molar-refractivity contribution is 0.476. The molecule has 0 heterocycles. The van der Waals surface area contributed by atoms with E-state index in [0.29, 0.717) is 5.56 Å².